The summed E-state index contributed by atoms with van der Waals surface area (Å²) < 4.78 is 26.3. The van der Waals surface area contributed by atoms with E-state index in [0.717, 1.165) is 17.4 Å². The van der Waals surface area contributed by atoms with Crippen LogP contribution in [0.5, 0.6) is 0 Å². The largest absolute Gasteiger partial charge is 0.497 e. The molecule has 3 nitrogen and oxygen atoms in total. The highest BCUT2D eigenvalue weighted by Gasteiger charge is 2.52. The molecule has 1 aliphatic rings. The molecule has 0 N–H and O–H groups in total. The highest BCUT2D eigenvalue weighted by molar-refractivity contribution is 6.62. The summed E-state index contributed by atoms with van der Waals surface area (Å²) in [5.41, 5.74) is 1.54. The van der Waals surface area contributed by atoms with E-state index in [4.69, 9.17) is 9.31 Å². The van der Waals surface area contributed by atoms with Crippen LogP contribution in [0.2, 0.25) is 0 Å². The third-order valence-corrected chi connectivity index (χ3v) is 4.86. The van der Waals surface area contributed by atoms with Gasteiger partial charge in [0.25, 0.3) is 0 Å². The molecule has 1 heterocycles. The van der Waals surface area contributed by atoms with Crippen molar-refractivity contribution in [2.24, 2.45) is 0 Å². The van der Waals surface area contributed by atoms with Gasteiger partial charge in [-0.15, -0.1) is 0 Å². The van der Waals surface area contributed by atoms with Crippen molar-refractivity contribution in [1.29, 1.82) is 0 Å². The quantitative estimate of drug-likeness (QED) is 0.639. The van der Waals surface area contributed by atoms with Gasteiger partial charge in [-0.3, -0.25) is 4.79 Å². The van der Waals surface area contributed by atoms with Crippen molar-refractivity contribution in [2.75, 3.05) is 0 Å². The summed E-state index contributed by atoms with van der Waals surface area (Å²) in [4.78, 5) is 11.0. The van der Waals surface area contributed by atoms with Crippen molar-refractivity contribution in [2.45, 2.75) is 38.9 Å². The Balaban J connectivity index is 2.00. The van der Waals surface area contributed by atoms with E-state index in [1.54, 1.807) is 30.3 Å². The topological polar surface area (TPSA) is 35.5 Å². The average Bonchev–Trinajstić information content (AvgIpc) is 2.75. The summed E-state index contributed by atoms with van der Waals surface area (Å²) in [5.74, 6) is -0.371. The lowest BCUT2D eigenvalue weighted by atomic mass is 9.77. The molecular formula is C19H20BFO3. The van der Waals surface area contributed by atoms with Crippen LogP contribution < -0.4 is 5.46 Å². The maximum atomic E-state index is 14.4. The van der Waals surface area contributed by atoms with E-state index in [2.05, 4.69) is 0 Å². The Bertz CT molecular complexity index is 770. The van der Waals surface area contributed by atoms with Gasteiger partial charge in [0.05, 0.1) is 11.2 Å². The van der Waals surface area contributed by atoms with E-state index in [1.807, 2.05) is 33.8 Å². The van der Waals surface area contributed by atoms with Crippen molar-refractivity contribution >= 4 is 18.9 Å². The third kappa shape index (κ3) is 2.90. The maximum Gasteiger partial charge on any atom is 0.497 e. The monoisotopic (exact) mass is 326 g/mol. The Kier molecular flexibility index (Phi) is 4.10. The molecular weight excluding hydrogens is 306 g/mol. The highest BCUT2D eigenvalue weighted by atomic mass is 19.1. The van der Waals surface area contributed by atoms with Crippen LogP contribution in [-0.4, -0.2) is 24.6 Å². The van der Waals surface area contributed by atoms with Gasteiger partial charge in [-0.2, -0.15) is 0 Å². The summed E-state index contributed by atoms with van der Waals surface area (Å²) >= 11 is 0. The molecule has 0 atom stereocenters. The number of hydrogen-bond acceptors (Lipinski definition) is 3. The Morgan fingerprint density at radius 1 is 0.958 bits per heavy atom. The van der Waals surface area contributed by atoms with Gasteiger partial charge in [-0.25, -0.2) is 4.39 Å². The standard InChI is InChI=1S/C19H20BFO3/c1-18(2)19(3,4)24-20(23-18)16-11-15(8-9-17(16)21)14-7-5-6-13(10-14)12-22/h5-12H,1-4H3. The zero-order chi connectivity index (χ0) is 17.5. The Hall–Kier alpha value is -1.98. The molecule has 124 valence electrons. The van der Waals surface area contributed by atoms with Crippen molar-refractivity contribution in [3.63, 3.8) is 0 Å². The predicted octanol–water partition coefficient (Wildman–Crippen LogP) is 3.60. The number of aldehydes is 1. The number of hydrogen-bond donors (Lipinski definition) is 0. The molecule has 2 aromatic carbocycles. The molecule has 0 saturated carbocycles. The van der Waals surface area contributed by atoms with Crippen LogP contribution in [0.3, 0.4) is 0 Å². The van der Waals surface area contributed by atoms with Gasteiger partial charge in [0, 0.05) is 11.0 Å². The molecule has 2 aromatic rings. The van der Waals surface area contributed by atoms with Crippen LogP contribution >= 0.6 is 0 Å². The van der Waals surface area contributed by atoms with Crippen LogP contribution in [-0.2, 0) is 9.31 Å². The fourth-order valence-corrected chi connectivity index (χ4v) is 2.67. The summed E-state index contributed by atoms with van der Waals surface area (Å²) in [6, 6.07) is 12.0. The molecule has 1 fully saturated rings. The number of benzene rings is 2. The van der Waals surface area contributed by atoms with Gasteiger partial charge in [0.15, 0.2) is 0 Å². The van der Waals surface area contributed by atoms with Gasteiger partial charge in [-0.1, -0.05) is 30.3 Å². The van der Waals surface area contributed by atoms with Crippen molar-refractivity contribution < 1.29 is 18.5 Å². The molecule has 1 saturated heterocycles. The van der Waals surface area contributed by atoms with Crippen LogP contribution in [0.1, 0.15) is 38.1 Å². The molecule has 24 heavy (non-hydrogen) atoms. The minimum Gasteiger partial charge on any atom is -0.399 e. The fraction of sp³-hybridized carbons (Fsp3) is 0.316. The second-order valence-electron chi connectivity index (χ2n) is 7.07. The van der Waals surface area contributed by atoms with E-state index >= 15 is 0 Å². The van der Waals surface area contributed by atoms with E-state index < -0.39 is 18.3 Å². The van der Waals surface area contributed by atoms with Gasteiger partial charge in [0.2, 0.25) is 0 Å². The zero-order valence-corrected chi connectivity index (χ0v) is 14.3. The molecule has 0 aliphatic carbocycles. The van der Waals surface area contributed by atoms with Gasteiger partial charge in [-0.05, 0) is 51.0 Å². The average molecular weight is 326 g/mol. The molecule has 0 aromatic heterocycles. The lowest BCUT2D eigenvalue weighted by Crippen LogP contribution is -2.41. The molecule has 0 spiro atoms. The minimum absolute atomic E-state index is 0.364. The first-order valence-corrected chi connectivity index (χ1v) is 7.94. The Labute approximate surface area is 141 Å². The van der Waals surface area contributed by atoms with Crippen LogP contribution in [0, 0.1) is 5.82 Å². The first-order valence-electron chi connectivity index (χ1n) is 7.94. The van der Waals surface area contributed by atoms with Gasteiger partial charge >= 0.3 is 7.12 Å². The normalized spacial score (nSPS) is 18.6. The number of carbonyl (C=O) groups is 1. The van der Waals surface area contributed by atoms with E-state index in [9.17, 15) is 9.18 Å². The van der Waals surface area contributed by atoms with Crippen LogP contribution in [0.25, 0.3) is 11.1 Å². The summed E-state index contributed by atoms with van der Waals surface area (Å²) in [7, 11) is -0.760. The van der Waals surface area contributed by atoms with E-state index in [-0.39, 0.29) is 5.82 Å². The molecule has 0 bridgehead atoms. The number of carbonyl (C=O) groups excluding carboxylic acids is 1. The van der Waals surface area contributed by atoms with E-state index in [0.29, 0.717) is 11.0 Å². The second kappa shape index (κ2) is 5.83. The van der Waals surface area contributed by atoms with Crippen molar-refractivity contribution in [3.05, 3.63) is 53.8 Å². The smallest absolute Gasteiger partial charge is 0.399 e. The first kappa shape index (κ1) is 16.9. The molecule has 3 rings (SSSR count). The summed E-state index contributed by atoms with van der Waals surface area (Å²) in [6.45, 7) is 7.73. The SMILES string of the molecule is CC1(C)OB(c2cc(-c3cccc(C=O)c3)ccc2F)OC1(C)C. The lowest BCUT2D eigenvalue weighted by molar-refractivity contribution is 0.00578. The predicted molar refractivity (Wildman–Crippen MR) is 92.9 cm³/mol. The first-order chi connectivity index (χ1) is 11.2. The maximum absolute atomic E-state index is 14.4. The van der Waals surface area contributed by atoms with Gasteiger partial charge < -0.3 is 9.31 Å². The van der Waals surface area contributed by atoms with Crippen molar-refractivity contribution in [1.82, 2.24) is 0 Å². The molecule has 5 heteroatoms. The Morgan fingerprint density at radius 2 is 1.58 bits per heavy atom. The molecule has 0 amide bonds. The highest BCUT2D eigenvalue weighted by Crippen LogP contribution is 2.37. The molecule has 0 radical (unpaired) electrons. The lowest BCUT2D eigenvalue weighted by Gasteiger charge is -2.32. The summed E-state index contributed by atoms with van der Waals surface area (Å²) in [6.07, 6.45) is 0.794. The van der Waals surface area contributed by atoms with Crippen LogP contribution in [0.4, 0.5) is 4.39 Å². The van der Waals surface area contributed by atoms with E-state index in [1.165, 1.54) is 6.07 Å². The number of halogens is 1. The molecule has 1 aliphatic heterocycles. The minimum atomic E-state index is -0.760. The summed E-state index contributed by atoms with van der Waals surface area (Å²) in [5, 5.41) is 0. The van der Waals surface area contributed by atoms with Crippen molar-refractivity contribution in [3.8, 4) is 11.1 Å². The third-order valence-electron chi connectivity index (χ3n) is 4.86. The molecule has 0 unspecified atom stereocenters. The van der Waals surface area contributed by atoms with Gasteiger partial charge in [0.1, 0.15) is 12.1 Å². The second-order valence-corrected chi connectivity index (χ2v) is 7.07. The fourth-order valence-electron chi connectivity index (χ4n) is 2.67. The Morgan fingerprint density at radius 3 is 2.21 bits per heavy atom. The number of rotatable bonds is 3. The van der Waals surface area contributed by atoms with Crippen LogP contribution in [0.15, 0.2) is 42.5 Å². The zero-order valence-electron chi connectivity index (χ0n) is 14.3.